The van der Waals surface area contributed by atoms with Gasteiger partial charge in [0.2, 0.25) is 0 Å². The molecule has 1 aromatic heterocycles. The van der Waals surface area contributed by atoms with E-state index >= 15 is 0 Å². The number of hydrogen-bond donors (Lipinski definition) is 0. The summed E-state index contributed by atoms with van der Waals surface area (Å²) in [4.78, 5) is 19.1. The van der Waals surface area contributed by atoms with Crippen molar-refractivity contribution in [2.24, 2.45) is 0 Å². The Kier molecular flexibility index (Phi) is 5.23. The molecule has 0 radical (unpaired) electrons. The van der Waals surface area contributed by atoms with E-state index in [-0.39, 0.29) is 5.91 Å². The van der Waals surface area contributed by atoms with Crippen molar-refractivity contribution in [1.29, 1.82) is 0 Å². The molecule has 126 valence electrons. The largest absolute Gasteiger partial charge is 0.493 e. The van der Waals surface area contributed by atoms with Gasteiger partial charge >= 0.3 is 0 Å². The van der Waals surface area contributed by atoms with Crippen molar-refractivity contribution >= 4 is 28.5 Å². The van der Waals surface area contributed by atoms with Crippen LogP contribution in [0.25, 0.3) is 0 Å². The highest BCUT2D eigenvalue weighted by Crippen LogP contribution is 2.35. The number of ether oxygens (including phenoxy) is 2. The molecule has 24 heavy (non-hydrogen) atoms. The Morgan fingerprint density at radius 2 is 1.83 bits per heavy atom. The Morgan fingerprint density at radius 1 is 1.21 bits per heavy atom. The number of nitrogens with zero attached hydrogens (tertiary/aromatic N) is 2. The molecule has 1 amide bonds. The maximum absolute atomic E-state index is 13.1. The second kappa shape index (κ2) is 7.38. The third-order valence-corrected chi connectivity index (χ3v) is 4.95. The predicted molar refractivity (Wildman–Crippen MR) is 99.4 cm³/mol. The number of carbonyl (C=O) groups excluding carboxylic acids is 1. The van der Waals surface area contributed by atoms with E-state index < -0.39 is 0 Å². The van der Waals surface area contributed by atoms with Gasteiger partial charge in [-0.25, -0.2) is 0 Å². The van der Waals surface area contributed by atoms with E-state index in [0.717, 1.165) is 22.0 Å². The van der Waals surface area contributed by atoms with Gasteiger partial charge in [0.05, 0.1) is 19.8 Å². The fraction of sp³-hybridized carbons (Fsp3) is 0.333. The van der Waals surface area contributed by atoms with Crippen molar-refractivity contribution in [2.45, 2.75) is 25.4 Å². The topological polar surface area (TPSA) is 51.7 Å². The highest BCUT2D eigenvalue weighted by molar-refractivity contribution is 14.1. The molecule has 0 N–H and O–H groups in total. The summed E-state index contributed by atoms with van der Waals surface area (Å²) in [5, 5.41) is 0. The fourth-order valence-electron chi connectivity index (χ4n) is 2.61. The average molecular weight is 438 g/mol. The maximum atomic E-state index is 13.1. The van der Waals surface area contributed by atoms with Gasteiger partial charge in [0, 0.05) is 28.6 Å². The third kappa shape index (κ3) is 3.63. The minimum atomic E-state index is 0.0275. The zero-order chi connectivity index (χ0) is 17.1. The van der Waals surface area contributed by atoms with Crippen LogP contribution in [0.5, 0.6) is 11.5 Å². The van der Waals surface area contributed by atoms with Crippen LogP contribution in [-0.4, -0.2) is 36.1 Å². The van der Waals surface area contributed by atoms with E-state index in [1.165, 1.54) is 0 Å². The van der Waals surface area contributed by atoms with E-state index in [9.17, 15) is 4.79 Å². The SMILES string of the molecule is COc1cc(I)c(C(=O)N(Cc2ccncc2)C2CC2)cc1OC. The molecule has 6 heteroatoms. The number of carbonyl (C=O) groups is 1. The number of hydrogen-bond acceptors (Lipinski definition) is 4. The van der Waals surface area contributed by atoms with Crippen molar-refractivity contribution in [3.8, 4) is 11.5 Å². The first kappa shape index (κ1) is 17.0. The van der Waals surface area contributed by atoms with Gasteiger partial charge in [0.25, 0.3) is 5.91 Å². The molecule has 0 saturated heterocycles. The van der Waals surface area contributed by atoms with Crippen LogP contribution in [0.2, 0.25) is 0 Å². The van der Waals surface area contributed by atoms with E-state index in [4.69, 9.17) is 9.47 Å². The van der Waals surface area contributed by atoms with Crippen LogP contribution in [0.15, 0.2) is 36.7 Å². The Labute approximate surface area is 155 Å². The second-order valence-electron chi connectivity index (χ2n) is 5.71. The Morgan fingerprint density at radius 3 is 2.42 bits per heavy atom. The molecule has 2 aromatic rings. The smallest absolute Gasteiger partial charge is 0.255 e. The van der Waals surface area contributed by atoms with Gasteiger partial charge in [-0.3, -0.25) is 9.78 Å². The van der Waals surface area contributed by atoms with Gasteiger partial charge in [-0.15, -0.1) is 0 Å². The lowest BCUT2D eigenvalue weighted by atomic mass is 10.1. The molecular weight excluding hydrogens is 419 g/mol. The standard InChI is InChI=1S/C18H19IN2O3/c1-23-16-9-14(15(19)10-17(16)24-2)18(22)21(13-3-4-13)11-12-5-7-20-8-6-12/h5-10,13H,3-4,11H2,1-2H3. The molecule has 1 aromatic carbocycles. The molecule has 0 aliphatic heterocycles. The van der Waals surface area contributed by atoms with E-state index in [1.54, 1.807) is 32.7 Å². The van der Waals surface area contributed by atoms with Crippen molar-refractivity contribution in [2.75, 3.05) is 14.2 Å². The number of pyridine rings is 1. The minimum absolute atomic E-state index is 0.0275. The summed E-state index contributed by atoms with van der Waals surface area (Å²) >= 11 is 2.17. The number of halogens is 1. The van der Waals surface area contributed by atoms with Crippen LogP contribution in [0.4, 0.5) is 0 Å². The van der Waals surface area contributed by atoms with Gasteiger partial charge < -0.3 is 14.4 Å². The van der Waals surface area contributed by atoms with E-state index in [0.29, 0.717) is 29.6 Å². The summed E-state index contributed by atoms with van der Waals surface area (Å²) in [7, 11) is 3.17. The Hall–Kier alpha value is -1.83. The lowest BCUT2D eigenvalue weighted by molar-refractivity contribution is 0.0728. The number of amides is 1. The Balaban J connectivity index is 1.90. The molecular formula is C18H19IN2O3. The molecule has 1 aliphatic rings. The lowest BCUT2D eigenvalue weighted by Crippen LogP contribution is -2.33. The first-order valence-electron chi connectivity index (χ1n) is 7.75. The molecule has 1 aliphatic carbocycles. The number of rotatable bonds is 6. The molecule has 3 rings (SSSR count). The first-order chi connectivity index (χ1) is 11.6. The maximum Gasteiger partial charge on any atom is 0.255 e. The molecule has 0 spiro atoms. The summed E-state index contributed by atoms with van der Waals surface area (Å²) in [6.07, 6.45) is 5.62. The zero-order valence-electron chi connectivity index (χ0n) is 13.7. The number of benzene rings is 1. The summed E-state index contributed by atoms with van der Waals surface area (Å²) in [5.74, 6) is 1.23. The van der Waals surface area contributed by atoms with Crippen LogP contribution >= 0.6 is 22.6 Å². The van der Waals surface area contributed by atoms with E-state index in [1.807, 2.05) is 23.1 Å². The third-order valence-electron chi connectivity index (χ3n) is 4.05. The summed E-state index contributed by atoms with van der Waals surface area (Å²) in [5.41, 5.74) is 1.73. The second-order valence-corrected chi connectivity index (χ2v) is 6.87. The molecule has 0 bridgehead atoms. The minimum Gasteiger partial charge on any atom is -0.493 e. The van der Waals surface area contributed by atoms with Crippen LogP contribution in [0.1, 0.15) is 28.8 Å². The van der Waals surface area contributed by atoms with Crippen LogP contribution < -0.4 is 9.47 Å². The fourth-order valence-corrected chi connectivity index (χ4v) is 3.28. The molecule has 1 saturated carbocycles. The van der Waals surface area contributed by atoms with E-state index in [2.05, 4.69) is 27.6 Å². The first-order valence-corrected chi connectivity index (χ1v) is 8.83. The van der Waals surface area contributed by atoms with Crippen LogP contribution in [-0.2, 0) is 6.54 Å². The highest BCUT2D eigenvalue weighted by atomic mass is 127. The van der Waals surface area contributed by atoms with Gasteiger partial charge in [-0.2, -0.15) is 0 Å². The lowest BCUT2D eigenvalue weighted by Gasteiger charge is -2.24. The average Bonchev–Trinajstić information content (AvgIpc) is 3.44. The summed E-state index contributed by atoms with van der Waals surface area (Å²) in [6, 6.07) is 7.81. The number of aromatic nitrogens is 1. The Bertz CT molecular complexity index is 733. The molecule has 0 atom stereocenters. The highest BCUT2D eigenvalue weighted by Gasteiger charge is 2.34. The van der Waals surface area contributed by atoms with Crippen LogP contribution in [0, 0.1) is 3.57 Å². The summed E-state index contributed by atoms with van der Waals surface area (Å²) in [6.45, 7) is 0.594. The zero-order valence-corrected chi connectivity index (χ0v) is 15.8. The van der Waals surface area contributed by atoms with Crippen molar-refractivity contribution in [1.82, 2.24) is 9.88 Å². The summed E-state index contributed by atoms with van der Waals surface area (Å²) < 4.78 is 11.5. The molecule has 0 unspecified atom stereocenters. The van der Waals surface area contributed by atoms with Crippen molar-refractivity contribution in [3.05, 3.63) is 51.4 Å². The molecule has 1 heterocycles. The van der Waals surface area contributed by atoms with Gasteiger partial charge in [0.15, 0.2) is 11.5 Å². The normalized spacial score (nSPS) is 13.5. The molecule has 1 fully saturated rings. The monoisotopic (exact) mass is 438 g/mol. The van der Waals surface area contributed by atoms with Gasteiger partial charge in [0.1, 0.15) is 0 Å². The quantitative estimate of drug-likeness (QED) is 0.648. The van der Waals surface area contributed by atoms with Gasteiger partial charge in [-0.05, 0) is 65.3 Å². The van der Waals surface area contributed by atoms with Gasteiger partial charge in [-0.1, -0.05) is 0 Å². The predicted octanol–water partition coefficient (Wildman–Crippen LogP) is 3.51. The molecule has 5 nitrogen and oxygen atoms in total. The van der Waals surface area contributed by atoms with Crippen molar-refractivity contribution in [3.63, 3.8) is 0 Å². The van der Waals surface area contributed by atoms with Crippen molar-refractivity contribution < 1.29 is 14.3 Å². The van der Waals surface area contributed by atoms with Crippen LogP contribution in [0.3, 0.4) is 0 Å². The number of methoxy groups -OCH3 is 2.